The molecule has 0 bridgehead atoms. The molecule has 8 heteroatoms. The molecule has 0 aliphatic carbocycles. The number of methoxy groups -OCH3 is 2. The highest BCUT2D eigenvalue weighted by Crippen LogP contribution is 2.35. The first-order valence-corrected chi connectivity index (χ1v) is 12.8. The number of nitrogens with zero attached hydrogens (tertiary/aromatic N) is 2. The molecular formula is C27H30N2O5S. The number of fused-ring (bicyclic) bond motifs is 1. The smallest absolute Gasteiger partial charge is 0.264 e. The van der Waals surface area contributed by atoms with Crippen LogP contribution in [0.1, 0.15) is 23.6 Å². The first kappa shape index (κ1) is 24.6. The zero-order chi connectivity index (χ0) is 25.3. The summed E-state index contributed by atoms with van der Waals surface area (Å²) in [4.78, 5) is 15.4. The van der Waals surface area contributed by atoms with Gasteiger partial charge in [0.15, 0.2) is 11.5 Å². The Bertz CT molecular complexity index is 1350. The molecule has 3 aromatic carbocycles. The third kappa shape index (κ3) is 4.71. The van der Waals surface area contributed by atoms with Crippen LogP contribution in [0.5, 0.6) is 11.5 Å². The molecule has 3 aromatic rings. The molecular weight excluding hydrogens is 464 g/mol. The maximum absolute atomic E-state index is 14.0. The number of hydrogen-bond donors (Lipinski definition) is 0. The number of carbonyl (C=O) groups excluding carboxylic acids is 1. The summed E-state index contributed by atoms with van der Waals surface area (Å²) in [5.41, 5.74) is 4.15. The summed E-state index contributed by atoms with van der Waals surface area (Å²) < 4.78 is 39.7. The lowest BCUT2D eigenvalue weighted by molar-refractivity contribution is -0.117. The van der Waals surface area contributed by atoms with E-state index in [1.165, 1.54) is 30.7 Å². The quantitative estimate of drug-likeness (QED) is 0.484. The average Bonchev–Trinajstić information content (AvgIpc) is 3.16. The Morgan fingerprint density at radius 1 is 0.971 bits per heavy atom. The number of benzene rings is 3. The van der Waals surface area contributed by atoms with Crippen LogP contribution < -0.4 is 18.7 Å². The van der Waals surface area contributed by atoms with Gasteiger partial charge < -0.3 is 14.4 Å². The van der Waals surface area contributed by atoms with Gasteiger partial charge in [0.25, 0.3) is 10.0 Å². The molecule has 1 aliphatic heterocycles. The molecule has 0 N–H and O–H groups in total. The lowest BCUT2D eigenvalue weighted by atomic mass is 10.1. The Morgan fingerprint density at radius 3 is 2.29 bits per heavy atom. The van der Waals surface area contributed by atoms with E-state index in [0.717, 1.165) is 28.8 Å². The van der Waals surface area contributed by atoms with Crippen molar-refractivity contribution in [2.24, 2.45) is 0 Å². The number of para-hydroxylation sites is 1. The van der Waals surface area contributed by atoms with Crippen LogP contribution in [0.25, 0.3) is 0 Å². The van der Waals surface area contributed by atoms with Gasteiger partial charge >= 0.3 is 0 Å². The SMILES string of the molecule is COc1ccc(S(=O)(=O)N(CC(=O)N2c3ccccc3C[C@@H]2C)c2cc(C)cc(C)c2)cc1OC. The molecule has 1 heterocycles. The third-order valence-electron chi connectivity index (χ3n) is 6.19. The number of ether oxygens (including phenoxy) is 2. The van der Waals surface area contributed by atoms with Gasteiger partial charge in [0.05, 0.1) is 24.8 Å². The Labute approximate surface area is 206 Å². The molecule has 7 nitrogen and oxygen atoms in total. The number of anilines is 2. The predicted octanol–water partition coefficient (Wildman–Crippen LogP) is 4.49. The molecule has 1 atom stereocenters. The molecule has 0 radical (unpaired) electrons. The van der Waals surface area contributed by atoms with Gasteiger partial charge in [0.1, 0.15) is 6.54 Å². The van der Waals surface area contributed by atoms with Crippen LogP contribution in [0.4, 0.5) is 11.4 Å². The van der Waals surface area contributed by atoms with Crippen LogP contribution in [0.2, 0.25) is 0 Å². The molecule has 1 amide bonds. The van der Waals surface area contributed by atoms with E-state index in [9.17, 15) is 13.2 Å². The summed E-state index contributed by atoms with van der Waals surface area (Å²) in [6.07, 6.45) is 0.730. The summed E-state index contributed by atoms with van der Waals surface area (Å²) >= 11 is 0. The summed E-state index contributed by atoms with van der Waals surface area (Å²) in [6.45, 7) is 5.44. The van der Waals surface area contributed by atoms with E-state index in [1.54, 1.807) is 23.1 Å². The Hall–Kier alpha value is -3.52. The van der Waals surface area contributed by atoms with E-state index in [-0.39, 0.29) is 23.4 Å². The zero-order valence-electron chi connectivity index (χ0n) is 20.6. The molecule has 35 heavy (non-hydrogen) atoms. The zero-order valence-corrected chi connectivity index (χ0v) is 21.4. The van der Waals surface area contributed by atoms with Gasteiger partial charge in [0.2, 0.25) is 5.91 Å². The van der Waals surface area contributed by atoms with Crippen molar-refractivity contribution in [3.8, 4) is 11.5 Å². The Kier molecular flexibility index (Phi) is 6.76. The number of carbonyl (C=O) groups is 1. The van der Waals surface area contributed by atoms with Gasteiger partial charge in [-0.25, -0.2) is 8.42 Å². The van der Waals surface area contributed by atoms with E-state index in [2.05, 4.69) is 0 Å². The van der Waals surface area contributed by atoms with Crippen molar-refractivity contribution in [2.45, 2.75) is 38.1 Å². The molecule has 0 fully saturated rings. The van der Waals surface area contributed by atoms with Gasteiger partial charge in [-0.15, -0.1) is 0 Å². The molecule has 184 valence electrons. The second kappa shape index (κ2) is 9.62. The standard InChI is InChI=1S/C27H30N2O5S/c1-18-12-19(2)14-22(13-18)28(35(31,32)23-10-11-25(33-4)26(16-23)34-5)17-27(30)29-20(3)15-21-8-6-7-9-24(21)29/h6-14,16,20H,15,17H2,1-5H3/t20-/m0/s1. The van der Waals surface area contributed by atoms with E-state index >= 15 is 0 Å². The molecule has 0 saturated heterocycles. The largest absolute Gasteiger partial charge is 0.493 e. The highest BCUT2D eigenvalue weighted by atomic mass is 32.2. The fourth-order valence-corrected chi connectivity index (χ4v) is 6.07. The highest BCUT2D eigenvalue weighted by Gasteiger charge is 2.35. The van der Waals surface area contributed by atoms with E-state index in [0.29, 0.717) is 17.2 Å². The number of aryl methyl sites for hydroxylation is 2. The topological polar surface area (TPSA) is 76.2 Å². The fraction of sp³-hybridized carbons (Fsp3) is 0.296. The second-order valence-electron chi connectivity index (χ2n) is 8.82. The van der Waals surface area contributed by atoms with Gasteiger partial charge in [-0.2, -0.15) is 0 Å². The Balaban J connectivity index is 1.79. The maximum atomic E-state index is 14.0. The van der Waals surface area contributed by atoms with Crippen molar-refractivity contribution in [3.05, 3.63) is 77.4 Å². The minimum atomic E-state index is -4.11. The maximum Gasteiger partial charge on any atom is 0.264 e. The van der Waals surface area contributed by atoms with Crippen LogP contribution in [0, 0.1) is 13.8 Å². The van der Waals surface area contributed by atoms with Crippen molar-refractivity contribution < 1.29 is 22.7 Å². The minimum absolute atomic E-state index is 0.0111. The first-order chi connectivity index (χ1) is 16.6. The summed E-state index contributed by atoms with van der Waals surface area (Å²) in [5.74, 6) is 0.427. The van der Waals surface area contributed by atoms with Crippen molar-refractivity contribution in [2.75, 3.05) is 30.0 Å². The highest BCUT2D eigenvalue weighted by molar-refractivity contribution is 7.92. The minimum Gasteiger partial charge on any atom is -0.493 e. The normalized spacial score (nSPS) is 15.0. The van der Waals surface area contributed by atoms with Crippen LogP contribution in [-0.4, -0.2) is 41.1 Å². The summed E-state index contributed by atoms with van der Waals surface area (Å²) in [6, 6.07) is 17.6. The number of amides is 1. The first-order valence-electron chi connectivity index (χ1n) is 11.4. The van der Waals surface area contributed by atoms with Crippen molar-refractivity contribution in [1.29, 1.82) is 0 Å². The lowest BCUT2D eigenvalue weighted by Crippen LogP contribution is -2.45. The van der Waals surface area contributed by atoms with Crippen molar-refractivity contribution in [3.63, 3.8) is 0 Å². The summed E-state index contributed by atoms with van der Waals surface area (Å²) in [7, 11) is -1.18. The van der Waals surface area contributed by atoms with Gasteiger partial charge in [-0.3, -0.25) is 9.10 Å². The average molecular weight is 495 g/mol. The third-order valence-corrected chi connectivity index (χ3v) is 7.96. The number of sulfonamides is 1. The van der Waals surface area contributed by atoms with E-state index < -0.39 is 10.0 Å². The molecule has 1 aliphatic rings. The fourth-order valence-electron chi connectivity index (χ4n) is 4.66. The molecule has 0 saturated carbocycles. The number of rotatable bonds is 7. The van der Waals surface area contributed by atoms with Crippen LogP contribution >= 0.6 is 0 Å². The van der Waals surface area contributed by atoms with E-state index in [1.807, 2.05) is 51.1 Å². The van der Waals surface area contributed by atoms with Crippen LogP contribution in [0.3, 0.4) is 0 Å². The van der Waals surface area contributed by atoms with Gasteiger partial charge in [-0.05, 0) is 74.2 Å². The predicted molar refractivity (Wildman–Crippen MR) is 137 cm³/mol. The monoisotopic (exact) mass is 494 g/mol. The van der Waals surface area contributed by atoms with E-state index in [4.69, 9.17) is 9.47 Å². The molecule has 0 unspecified atom stereocenters. The molecule has 0 spiro atoms. The number of hydrogen-bond acceptors (Lipinski definition) is 5. The van der Waals surface area contributed by atoms with Crippen molar-refractivity contribution >= 4 is 27.3 Å². The lowest BCUT2D eigenvalue weighted by Gasteiger charge is -2.29. The summed E-state index contributed by atoms with van der Waals surface area (Å²) in [5, 5.41) is 0. The molecule has 0 aromatic heterocycles. The van der Waals surface area contributed by atoms with Crippen LogP contribution in [0.15, 0.2) is 65.6 Å². The Morgan fingerprint density at radius 2 is 1.63 bits per heavy atom. The van der Waals surface area contributed by atoms with Gasteiger partial charge in [-0.1, -0.05) is 24.3 Å². The second-order valence-corrected chi connectivity index (χ2v) is 10.7. The van der Waals surface area contributed by atoms with Crippen LogP contribution in [-0.2, 0) is 21.2 Å². The van der Waals surface area contributed by atoms with Gasteiger partial charge in [0, 0.05) is 17.8 Å². The van der Waals surface area contributed by atoms with Crippen molar-refractivity contribution in [1.82, 2.24) is 0 Å². The molecule has 4 rings (SSSR count).